The minimum atomic E-state index is -0.469. The van der Waals surface area contributed by atoms with E-state index >= 15 is 0 Å². The summed E-state index contributed by atoms with van der Waals surface area (Å²) < 4.78 is 10.9. The van der Waals surface area contributed by atoms with E-state index in [2.05, 4.69) is 10.6 Å². The van der Waals surface area contributed by atoms with Crippen molar-refractivity contribution < 1.29 is 23.9 Å². The van der Waals surface area contributed by atoms with Crippen LogP contribution in [0.2, 0.25) is 5.02 Å². The Hall–Kier alpha value is -2.97. The molecular weight excluding hydrogens is 416 g/mol. The normalized spacial score (nSPS) is 14.7. The lowest BCUT2D eigenvalue weighted by Gasteiger charge is -2.13. The molecule has 3 rings (SSSR count). The molecule has 0 unspecified atom stereocenters. The Balaban J connectivity index is 1.72. The van der Waals surface area contributed by atoms with Crippen molar-refractivity contribution in [1.29, 1.82) is 0 Å². The maximum absolute atomic E-state index is 12.2. The molecule has 0 aromatic heterocycles. The standard InChI is InChI=1S/C20H17ClN2O5S/c1-11-4-3-5-13(6-11)22-17(24)10-28-18-14(21)7-12(8-15(18)27-2)9-16-19(25)23-20(26)29-16/h3-9H,10H2,1-2H3,(H,22,24)(H,23,25,26)/b16-9-. The van der Waals surface area contributed by atoms with Crippen LogP contribution >= 0.6 is 23.4 Å². The van der Waals surface area contributed by atoms with Crippen LogP contribution in [0.1, 0.15) is 11.1 Å². The van der Waals surface area contributed by atoms with Crippen LogP contribution in [0.15, 0.2) is 41.3 Å². The summed E-state index contributed by atoms with van der Waals surface area (Å²) in [6.45, 7) is 1.66. The first-order chi connectivity index (χ1) is 13.9. The minimum absolute atomic E-state index is 0.203. The van der Waals surface area contributed by atoms with Crippen molar-refractivity contribution >= 4 is 52.2 Å². The number of thioether (sulfide) groups is 1. The third kappa shape index (κ3) is 5.30. The lowest BCUT2D eigenvalue weighted by molar-refractivity contribution is -0.118. The SMILES string of the molecule is COc1cc(/C=C2\SC(=O)NC2=O)cc(Cl)c1OCC(=O)Nc1cccc(C)c1. The highest BCUT2D eigenvalue weighted by Crippen LogP contribution is 2.38. The second-order valence-corrected chi connectivity index (χ2v) is 7.51. The number of benzene rings is 2. The van der Waals surface area contributed by atoms with Gasteiger partial charge >= 0.3 is 0 Å². The molecule has 0 saturated carbocycles. The zero-order chi connectivity index (χ0) is 21.0. The van der Waals surface area contributed by atoms with Gasteiger partial charge in [-0.3, -0.25) is 19.7 Å². The molecule has 1 saturated heterocycles. The number of ether oxygens (including phenoxy) is 2. The van der Waals surface area contributed by atoms with Gasteiger partial charge in [0.15, 0.2) is 18.1 Å². The number of aryl methyl sites for hydroxylation is 1. The molecule has 0 spiro atoms. The molecule has 2 aromatic rings. The molecule has 1 heterocycles. The Morgan fingerprint density at radius 3 is 2.72 bits per heavy atom. The Bertz CT molecular complexity index is 1020. The first-order valence-electron chi connectivity index (χ1n) is 8.47. The number of imide groups is 1. The number of carbonyl (C=O) groups is 3. The molecule has 9 heteroatoms. The van der Waals surface area contributed by atoms with Crippen LogP contribution in [0.3, 0.4) is 0 Å². The summed E-state index contributed by atoms with van der Waals surface area (Å²) in [5, 5.41) is 4.69. The summed E-state index contributed by atoms with van der Waals surface area (Å²) in [6.07, 6.45) is 1.52. The average Bonchev–Trinajstić information content (AvgIpc) is 2.97. The largest absolute Gasteiger partial charge is 0.493 e. The van der Waals surface area contributed by atoms with Crippen molar-refractivity contribution in [3.8, 4) is 11.5 Å². The van der Waals surface area contributed by atoms with Crippen LogP contribution < -0.4 is 20.1 Å². The van der Waals surface area contributed by atoms with E-state index in [1.54, 1.807) is 18.2 Å². The van der Waals surface area contributed by atoms with E-state index in [4.69, 9.17) is 21.1 Å². The first-order valence-corrected chi connectivity index (χ1v) is 9.67. The summed E-state index contributed by atoms with van der Waals surface area (Å²) in [5.74, 6) is -0.321. The van der Waals surface area contributed by atoms with Crippen LogP contribution in [0.25, 0.3) is 6.08 Å². The van der Waals surface area contributed by atoms with Gasteiger partial charge in [-0.1, -0.05) is 23.7 Å². The zero-order valence-electron chi connectivity index (χ0n) is 15.6. The van der Waals surface area contributed by atoms with Gasteiger partial charge in [-0.15, -0.1) is 0 Å². The second kappa shape index (κ2) is 9.02. The zero-order valence-corrected chi connectivity index (χ0v) is 17.1. The molecule has 0 radical (unpaired) electrons. The Morgan fingerprint density at radius 2 is 2.07 bits per heavy atom. The Kier molecular flexibility index (Phi) is 6.46. The van der Waals surface area contributed by atoms with Crippen molar-refractivity contribution in [2.75, 3.05) is 19.0 Å². The van der Waals surface area contributed by atoms with E-state index in [0.29, 0.717) is 17.0 Å². The molecular formula is C20H17ClN2O5S. The van der Waals surface area contributed by atoms with Crippen LogP contribution in [-0.2, 0) is 9.59 Å². The number of amides is 3. The van der Waals surface area contributed by atoms with Gasteiger partial charge in [-0.05, 0) is 60.2 Å². The van der Waals surface area contributed by atoms with Crippen molar-refractivity contribution in [2.24, 2.45) is 0 Å². The molecule has 7 nitrogen and oxygen atoms in total. The second-order valence-electron chi connectivity index (χ2n) is 6.09. The molecule has 29 heavy (non-hydrogen) atoms. The monoisotopic (exact) mass is 432 g/mol. The van der Waals surface area contributed by atoms with Crippen LogP contribution in [0.5, 0.6) is 11.5 Å². The van der Waals surface area contributed by atoms with Gasteiger partial charge in [0, 0.05) is 5.69 Å². The highest BCUT2D eigenvalue weighted by molar-refractivity contribution is 8.18. The summed E-state index contributed by atoms with van der Waals surface area (Å²) in [6, 6.07) is 10.6. The summed E-state index contributed by atoms with van der Waals surface area (Å²) >= 11 is 7.09. The van der Waals surface area contributed by atoms with Crippen molar-refractivity contribution in [2.45, 2.75) is 6.92 Å². The number of rotatable bonds is 6. The lowest BCUT2D eigenvalue weighted by Crippen LogP contribution is -2.20. The van der Waals surface area contributed by atoms with E-state index < -0.39 is 11.1 Å². The summed E-state index contributed by atoms with van der Waals surface area (Å²) in [5.41, 5.74) is 2.24. The quantitative estimate of drug-likeness (QED) is 0.670. The number of hydrogen-bond donors (Lipinski definition) is 2. The third-order valence-corrected chi connectivity index (χ3v) is 4.93. The number of nitrogens with one attached hydrogen (secondary N) is 2. The van der Waals surface area contributed by atoms with Gasteiger partial charge in [-0.2, -0.15) is 0 Å². The number of carbonyl (C=O) groups excluding carboxylic acids is 3. The van der Waals surface area contributed by atoms with Gasteiger partial charge in [0.05, 0.1) is 17.0 Å². The molecule has 1 aliphatic rings. The average molecular weight is 433 g/mol. The highest BCUT2D eigenvalue weighted by atomic mass is 35.5. The highest BCUT2D eigenvalue weighted by Gasteiger charge is 2.25. The molecule has 1 fully saturated rings. The van der Waals surface area contributed by atoms with Crippen LogP contribution in [0, 0.1) is 6.92 Å². The molecule has 2 aromatic carbocycles. The summed E-state index contributed by atoms with van der Waals surface area (Å²) in [7, 11) is 1.43. The maximum atomic E-state index is 12.2. The van der Waals surface area contributed by atoms with E-state index in [9.17, 15) is 14.4 Å². The molecule has 0 bridgehead atoms. The van der Waals surface area contributed by atoms with E-state index in [0.717, 1.165) is 17.3 Å². The third-order valence-electron chi connectivity index (χ3n) is 3.84. The predicted molar refractivity (Wildman–Crippen MR) is 112 cm³/mol. The Morgan fingerprint density at radius 1 is 1.28 bits per heavy atom. The van der Waals surface area contributed by atoms with Gasteiger partial charge in [0.2, 0.25) is 0 Å². The number of hydrogen-bond acceptors (Lipinski definition) is 6. The molecule has 2 N–H and O–H groups in total. The van der Waals surface area contributed by atoms with Gasteiger partial charge < -0.3 is 14.8 Å². The Labute approximate surface area is 176 Å². The molecule has 0 atom stereocenters. The fraction of sp³-hybridized carbons (Fsp3) is 0.150. The van der Waals surface area contributed by atoms with Crippen molar-refractivity contribution in [3.05, 3.63) is 57.5 Å². The van der Waals surface area contributed by atoms with E-state index in [-0.39, 0.29) is 28.2 Å². The number of halogens is 1. The van der Waals surface area contributed by atoms with Crippen LogP contribution in [-0.4, -0.2) is 30.8 Å². The number of methoxy groups -OCH3 is 1. The maximum Gasteiger partial charge on any atom is 0.290 e. The first kappa shape index (κ1) is 20.8. The van der Waals surface area contributed by atoms with Gasteiger partial charge in [0.1, 0.15) is 0 Å². The van der Waals surface area contributed by atoms with Crippen molar-refractivity contribution in [1.82, 2.24) is 5.32 Å². The minimum Gasteiger partial charge on any atom is -0.493 e. The lowest BCUT2D eigenvalue weighted by atomic mass is 10.2. The van der Waals surface area contributed by atoms with E-state index in [1.165, 1.54) is 13.2 Å². The molecule has 3 amide bonds. The van der Waals surface area contributed by atoms with Crippen LogP contribution in [0.4, 0.5) is 10.5 Å². The molecule has 150 valence electrons. The molecule has 0 aliphatic carbocycles. The molecule has 1 aliphatic heterocycles. The van der Waals surface area contributed by atoms with Gasteiger partial charge in [0.25, 0.3) is 17.1 Å². The predicted octanol–water partition coefficient (Wildman–Crippen LogP) is 4.00. The van der Waals surface area contributed by atoms with E-state index in [1.807, 2.05) is 25.1 Å². The fourth-order valence-corrected chi connectivity index (χ4v) is 3.55. The smallest absolute Gasteiger partial charge is 0.290 e. The number of anilines is 1. The summed E-state index contributed by atoms with van der Waals surface area (Å²) in [4.78, 5) is 35.4. The topological polar surface area (TPSA) is 93.7 Å². The fourth-order valence-electron chi connectivity index (χ4n) is 2.59. The van der Waals surface area contributed by atoms with Crippen molar-refractivity contribution in [3.63, 3.8) is 0 Å². The van der Waals surface area contributed by atoms with Gasteiger partial charge in [-0.25, -0.2) is 0 Å².